The van der Waals surface area contributed by atoms with Crippen LogP contribution in [-0.4, -0.2) is 43.8 Å². The first kappa shape index (κ1) is 21.6. The lowest BCUT2D eigenvalue weighted by molar-refractivity contribution is -0.0348. The molecule has 3 heterocycles. The highest BCUT2D eigenvalue weighted by molar-refractivity contribution is 6.32. The van der Waals surface area contributed by atoms with Crippen LogP contribution < -0.4 is 10.1 Å². The number of ether oxygens (including phenoxy) is 2. The van der Waals surface area contributed by atoms with Crippen LogP contribution in [0.1, 0.15) is 43.9 Å². The van der Waals surface area contributed by atoms with Gasteiger partial charge in [-0.3, -0.25) is 4.90 Å². The topological polar surface area (TPSA) is 50.8 Å². The Morgan fingerprint density at radius 3 is 2.50 bits per heavy atom. The van der Waals surface area contributed by atoms with Gasteiger partial charge in [0.1, 0.15) is 11.9 Å². The molecule has 3 saturated heterocycles. The SMILES string of the molecule is COc1ccc(-c2ccc3c(c2)CC(C)(C)[C@H]3NC(=O)O[C@@H]2CN3CCC2CC3)cc1Cl. The summed E-state index contributed by atoms with van der Waals surface area (Å²) < 4.78 is 11.2. The smallest absolute Gasteiger partial charge is 0.407 e. The maximum absolute atomic E-state index is 12.8. The molecule has 0 unspecified atom stereocenters. The summed E-state index contributed by atoms with van der Waals surface area (Å²) in [6.45, 7) is 7.55. The Morgan fingerprint density at radius 1 is 1.12 bits per heavy atom. The van der Waals surface area contributed by atoms with Crippen molar-refractivity contribution in [2.24, 2.45) is 11.3 Å². The minimum atomic E-state index is -0.291. The van der Waals surface area contributed by atoms with Crippen LogP contribution in [0.25, 0.3) is 11.1 Å². The van der Waals surface area contributed by atoms with E-state index < -0.39 is 0 Å². The minimum Gasteiger partial charge on any atom is -0.495 e. The molecule has 0 spiro atoms. The number of amides is 1. The number of fused-ring (bicyclic) bond motifs is 4. The second-order valence-corrected chi connectivity index (χ2v) is 10.5. The van der Waals surface area contributed by atoms with Gasteiger partial charge in [0, 0.05) is 6.54 Å². The highest BCUT2D eigenvalue weighted by Gasteiger charge is 2.42. The lowest BCUT2D eigenvalue weighted by Gasteiger charge is -2.44. The first-order chi connectivity index (χ1) is 15.3. The van der Waals surface area contributed by atoms with Crippen molar-refractivity contribution in [3.63, 3.8) is 0 Å². The van der Waals surface area contributed by atoms with Gasteiger partial charge in [0.15, 0.2) is 0 Å². The largest absolute Gasteiger partial charge is 0.495 e. The molecule has 2 aromatic carbocycles. The third kappa shape index (κ3) is 3.97. The number of halogens is 1. The molecule has 1 amide bonds. The molecular formula is C26H31ClN2O3. The van der Waals surface area contributed by atoms with E-state index in [9.17, 15) is 4.79 Å². The van der Waals surface area contributed by atoms with Crippen LogP contribution >= 0.6 is 11.6 Å². The fourth-order valence-corrected chi connectivity index (χ4v) is 5.94. The number of hydrogen-bond acceptors (Lipinski definition) is 4. The molecule has 3 aliphatic heterocycles. The van der Waals surface area contributed by atoms with Gasteiger partial charge in [-0.1, -0.05) is 49.7 Å². The second kappa shape index (κ2) is 8.27. The first-order valence-corrected chi connectivity index (χ1v) is 11.9. The summed E-state index contributed by atoms with van der Waals surface area (Å²) in [5.41, 5.74) is 4.50. The zero-order chi connectivity index (χ0) is 22.5. The maximum atomic E-state index is 12.8. The molecule has 6 rings (SSSR count). The number of benzene rings is 2. The Hall–Kier alpha value is -2.24. The molecule has 6 heteroatoms. The molecule has 4 aliphatic rings. The standard InChI is InChI=1S/C26H31ClN2O3/c1-26(2)14-19-12-17(18-5-7-22(31-3)21(27)13-18)4-6-20(19)24(26)28-25(30)32-23-15-29-10-8-16(23)9-11-29/h4-7,12-13,16,23-24H,8-11,14-15H2,1-3H3,(H,28,30)/t23-,24+/m1/s1. The van der Waals surface area contributed by atoms with Gasteiger partial charge < -0.3 is 14.8 Å². The Balaban J connectivity index is 1.33. The number of alkyl carbamates (subject to hydrolysis) is 1. The third-order valence-corrected chi connectivity index (χ3v) is 7.78. The van der Waals surface area contributed by atoms with E-state index in [1.54, 1.807) is 7.11 Å². The number of rotatable bonds is 4. The van der Waals surface area contributed by atoms with Gasteiger partial charge in [0.05, 0.1) is 18.2 Å². The molecule has 2 bridgehead atoms. The molecule has 0 radical (unpaired) electrons. The van der Waals surface area contributed by atoms with Gasteiger partial charge in [0.2, 0.25) is 0 Å². The normalized spacial score (nSPS) is 27.6. The van der Waals surface area contributed by atoms with Crippen LogP contribution in [0.15, 0.2) is 36.4 Å². The van der Waals surface area contributed by atoms with Crippen molar-refractivity contribution in [2.45, 2.75) is 45.3 Å². The number of nitrogens with zero attached hydrogens (tertiary/aromatic N) is 1. The zero-order valence-corrected chi connectivity index (χ0v) is 19.7. The molecule has 2 atom stereocenters. The van der Waals surface area contributed by atoms with Gasteiger partial charge in [-0.15, -0.1) is 0 Å². The summed E-state index contributed by atoms with van der Waals surface area (Å²) >= 11 is 6.34. The van der Waals surface area contributed by atoms with E-state index in [2.05, 4.69) is 42.3 Å². The lowest BCUT2D eigenvalue weighted by Crippen LogP contribution is -2.53. The molecule has 170 valence electrons. The second-order valence-electron chi connectivity index (χ2n) is 10.1. The predicted octanol–water partition coefficient (Wildman–Crippen LogP) is 5.46. The first-order valence-electron chi connectivity index (χ1n) is 11.5. The molecule has 2 aromatic rings. The summed E-state index contributed by atoms with van der Waals surface area (Å²) in [4.78, 5) is 15.3. The van der Waals surface area contributed by atoms with Gasteiger partial charge in [-0.2, -0.15) is 0 Å². The van der Waals surface area contributed by atoms with E-state index in [1.165, 1.54) is 11.1 Å². The molecule has 32 heavy (non-hydrogen) atoms. The molecular weight excluding hydrogens is 424 g/mol. The van der Waals surface area contributed by atoms with Gasteiger partial charge in [0.25, 0.3) is 0 Å². The van der Waals surface area contributed by atoms with Crippen LogP contribution in [0.3, 0.4) is 0 Å². The monoisotopic (exact) mass is 454 g/mol. The lowest BCUT2D eigenvalue weighted by atomic mass is 9.85. The van der Waals surface area contributed by atoms with Crippen LogP contribution in [0.4, 0.5) is 4.79 Å². The van der Waals surface area contributed by atoms with Crippen molar-refractivity contribution >= 4 is 17.7 Å². The fraction of sp³-hybridized carbons (Fsp3) is 0.500. The fourth-order valence-electron chi connectivity index (χ4n) is 5.69. The summed E-state index contributed by atoms with van der Waals surface area (Å²) in [6, 6.07) is 12.2. The molecule has 0 aromatic heterocycles. The third-order valence-electron chi connectivity index (χ3n) is 7.48. The Bertz CT molecular complexity index is 1030. The Morgan fingerprint density at radius 2 is 1.84 bits per heavy atom. The van der Waals surface area contributed by atoms with Crippen molar-refractivity contribution in [1.29, 1.82) is 0 Å². The van der Waals surface area contributed by atoms with E-state index >= 15 is 0 Å². The highest BCUT2D eigenvalue weighted by Crippen LogP contribution is 2.46. The van der Waals surface area contributed by atoms with E-state index in [0.29, 0.717) is 16.7 Å². The number of carbonyl (C=O) groups excluding carboxylic acids is 1. The van der Waals surface area contributed by atoms with Crippen LogP contribution in [0.5, 0.6) is 5.75 Å². The Kier molecular flexibility index (Phi) is 5.58. The molecule has 3 fully saturated rings. The van der Waals surface area contributed by atoms with Crippen LogP contribution in [0, 0.1) is 11.3 Å². The molecule has 0 saturated carbocycles. The average molecular weight is 455 g/mol. The quantitative estimate of drug-likeness (QED) is 0.666. The number of hydrogen-bond donors (Lipinski definition) is 1. The van der Waals surface area contributed by atoms with Crippen molar-refractivity contribution in [3.8, 4) is 16.9 Å². The van der Waals surface area contributed by atoms with Gasteiger partial charge in [-0.25, -0.2) is 4.79 Å². The summed E-state index contributed by atoms with van der Waals surface area (Å²) in [5.74, 6) is 1.18. The highest BCUT2D eigenvalue weighted by atomic mass is 35.5. The van der Waals surface area contributed by atoms with Crippen molar-refractivity contribution < 1.29 is 14.3 Å². The Labute approximate surface area is 195 Å². The number of methoxy groups -OCH3 is 1. The van der Waals surface area contributed by atoms with E-state index in [4.69, 9.17) is 21.1 Å². The summed E-state index contributed by atoms with van der Waals surface area (Å²) in [5, 5.41) is 3.80. The van der Waals surface area contributed by atoms with Crippen LogP contribution in [-0.2, 0) is 11.2 Å². The summed E-state index contributed by atoms with van der Waals surface area (Å²) in [7, 11) is 1.62. The van der Waals surface area contributed by atoms with E-state index in [-0.39, 0.29) is 23.7 Å². The minimum absolute atomic E-state index is 0.0173. The molecule has 1 N–H and O–H groups in total. The van der Waals surface area contributed by atoms with Crippen molar-refractivity contribution in [2.75, 3.05) is 26.7 Å². The van der Waals surface area contributed by atoms with Gasteiger partial charge >= 0.3 is 6.09 Å². The summed E-state index contributed by atoms with van der Waals surface area (Å²) in [6.07, 6.45) is 2.89. The van der Waals surface area contributed by atoms with Crippen LogP contribution in [0.2, 0.25) is 5.02 Å². The van der Waals surface area contributed by atoms with Crippen molar-refractivity contribution in [3.05, 3.63) is 52.5 Å². The number of carbonyl (C=O) groups is 1. The molecule has 1 aliphatic carbocycles. The predicted molar refractivity (Wildman–Crippen MR) is 126 cm³/mol. The zero-order valence-electron chi connectivity index (χ0n) is 19.0. The van der Waals surface area contributed by atoms with Crippen molar-refractivity contribution in [1.82, 2.24) is 10.2 Å². The number of nitrogens with one attached hydrogen (secondary N) is 1. The molecule has 5 nitrogen and oxygen atoms in total. The van der Waals surface area contributed by atoms with E-state index in [0.717, 1.165) is 50.0 Å². The maximum Gasteiger partial charge on any atom is 0.407 e. The number of piperidine rings is 3. The average Bonchev–Trinajstić information content (AvgIpc) is 3.03. The van der Waals surface area contributed by atoms with E-state index in [1.807, 2.05) is 18.2 Å². The van der Waals surface area contributed by atoms with Gasteiger partial charge in [-0.05, 0) is 78.1 Å².